The van der Waals surface area contributed by atoms with Crippen LogP contribution >= 0.6 is 12.4 Å². The summed E-state index contributed by atoms with van der Waals surface area (Å²) < 4.78 is 0. The van der Waals surface area contributed by atoms with Crippen LogP contribution in [0.25, 0.3) is 0 Å². The molecule has 1 rings (SSSR count). The summed E-state index contributed by atoms with van der Waals surface area (Å²) in [5.41, 5.74) is 0. The molecule has 1 saturated heterocycles. The Morgan fingerprint density at radius 1 is 1.42 bits per heavy atom. The van der Waals surface area contributed by atoms with Crippen molar-refractivity contribution in [1.29, 1.82) is 0 Å². The van der Waals surface area contributed by atoms with Crippen molar-refractivity contribution in [3.05, 3.63) is 0 Å². The summed E-state index contributed by atoms with van der Waals surface area (Å²) in [6.07, 6.45) is 1.04. The molecule has 0 saturated carbocycles. The van der Waals surface area contributed by atoms with Crippen LogP contribution in [-0.2, 0) is 4.79 Å². The number of imide groups is 1. The second-order valence-corrected chi connectivity index (χ2v) is 5.21. The number of hydrogen-bond acceptors (Lipinski definition) is 4. The number of nitrogens with zero attached hydrogens (tertiary/aromatic N) is 1. The molecule has 0 spiro atoms. The first-order chi connectivity index (χ1) is 8.49. The number of likely N-dealkylation sites (N-methyl/N-ethyl adjacent to an activating group) is 1. The van der Waals surface area contributed by atoms with Gasteiger partial charge in [-0.05, 0) is 25.9 Å². The van der Waals surface area contributed by atoms with Gasteiger partial charge in [0.25, 0.3) is 0 Å². The molecule has 1 aliphatic rings. The second kappa shape index (κ2) is 9.12. The van der Waals surface area contributed by atoms with Crippen molar-refractivity contribution in [2.45, 2.75) is 26.3 Å². The monoisotopic (exact) mass is 292 g/mol. The molecule has 0 aromatic rings. The van der Waals surface area contributed by atoms with Crippen molar-refractivity contribution in [2.24, 2.45) is 5.92 Å². The van der Waals surface area contributed by atoms with Crippen LogP contribution in [0.15, 0.2) is 0 Å². The van der Waals surface area contributed by atoms with E-state index in [2.05, 4.69) is 16.0 Å². The van der Waals surface area contributed by atoms with E-state index in [0.717, 1.165) is 19.5 Å². The van der Waals surface area contributed by atoms with Crippen molar-refractivity contribution in [3.8, 4) is 0 Å². The van der Waals surface area contributed by atoms with Crippen molar-refractivity contribution < 1.29 is 9.59 Å². The molecule has 1 fully saturated rings. The third-order valence-electron chi connectivity index (χ3n) is 2.97. The van der Waals surface area contributed by atoms with Gasteiger partial charge in [0.15, 0.2) is 0 Å². The molecule has 19 heavy (non-hydrogen) atoms. The minimum atomic E-state index is -0.411. The van der Waals surface area contributed by atoms with Crippen molar-refractivity contribution >= 4 is 24.3 Å². The predicted molar refractivity (Wildman–Crippen MR) is 77.5 cm³/mol. The first-order valence-corrected chi connectivity index (χ1v) is 6.47. The number of halogens is 1. The van der Waals surface area contributed by atoms with Crippen LogP contribution in [0.1, 0.15) is 20.3 Å². The number of urea groups is 1. The fraction of sp³-hybridized carbons (Fsp3) is 0.833. The van der Waals surface area contributed by atoms with Crippen molar-refractivity contribution in [2.75, 3.05) is 33.2 Å². The van der Waals surface area contributed by atoms with Crippen molar-refractivity contribution in [1.82, 2.24) is 20.9 Å². The maximum Gasteiger partial charge on any atom is 0.321 e. The standard InChI is InChI=1S/C12H24N4O2.ClH/c1-9(2)6-14-12(18)15-11(17)8-16(3)10-4-5-13-7-10;/h9-10,13H,4-8H2,1-3H3,(H2,14,15,17,18);1H. The second-order valence-electron chi connectivity index (χ2n) is 5.21. The minimum Gasteiger partial charge on any atom is -0.338 e. The maximum absolute atomic E-state index is 11.6. The molecule has 7 heteroatoms. The van der Waals surface area contributed by atoms with E-state index in [-0.39, 0.29) is 24.9 Å². The van der Waals surface area contributed by atoms with Crippen LogP contribution in [0.2, 0.25) is 0 Å². The molecule has 1 aliphatic heterocycles. The van der Waals surface area contributed by atoms with Gasteiger partial charge in [-0.2, -0.15) is 0 Å². The molecule has 3 amide bonds. The summed E-state index contributed by atoms with van der Waals surface area (Å²) in [4.78, 5) is 25.0. The lowest BCUT2D eigenvalue weighted by molar-refractivity contribution is -0.121. The lowest BCUT2D eigenvalue weighted by atomic mass is 10.2. The topological polar surface area (TPSA) is 73.5 Å². The molecule has 1 atom stereocenters. The molecule has 1 heterocycles. The molecule has 6 nitrogen and oxygen atoms in total. The van der Waals surface area contributed by atoms with Crippen LogP contribution in [0, 0.1) is 5.92 Å². The summed E-state index contributed by atoms with van der Waals surface area (Å²) in [6.45, 7) is 6.73. The van der Waals surface area contributed by atoms with Gasteiger partial charge in [-0.1, -0.05) is 13.8 Å². The highest BCUT2D eigenvalue weighted by Crippen LogP contribution is 2.04. The Balaban J connectivity index is 0.00000324. The van der Waals surface area contributed by atoms with Gasteiger partial charge < -0.3 is 10.6 Å². The lowest BCUT2D eigenvalue weighted by Gasteiger charge is -2.22. The fourth-order valence-electron chi connectivity index (χ4n) is 1.88. The quantitative estimate of drug-likeness (QED) is 0.676. The molecule has 1 unspecified atom stereocenters. The third kappa shape index (κ3) is 7.34. The van der Waals surface area contributed by atoms with E-state index in [1.54, 1.807) is 0 Å². The van der Waals surface area contributed by atoms with Gasteiger partial charge in [-0.15, -0.1) is 12.4 Å². The number of carbonyl (C=O) groups is 2. The molecule has 0 aromatic heterocycles. The van der Waals surface area contributed by atoms with Crippen LogP contribution in [0.4, 0.5) is 4.79 Å². The number of amides is 3. The highest BCUT2D eigenvalue weighted by atomic mass is 35.5. The van der Waals surface area contributed by atoms with Crippen LogP contribution < -0.4 is 16.0 Å². The SMILES string of the molecule is CC(C)CNC(=O)NC(=O)CN(C)C1CCNC1.Cl. The third-order valence-corrected chi connectivity index (χ3v) is 2.97. The van der Waals surface area contributed by atoms with E-state index in [1.807, 2.05) is 25.8 Å². The lowest BCUT2D eigenvalue weighted by Crippen LogP contribution is -2.46. The summed E-state index contributed by atoms with van der Waals surface area (Å²) >= 11 is 0. The minimum absolute atomic E-state index is 0. The average molecular weight is 293 g/mol. The molecule has 112 valence electrons. The Bertz CT molecular complexity index is 293. The largest absolute Gasteiger partial charge is 0.338 e. The van der Waals surface area contributed by atoms with Gasteiger partial charge in [0.2, 0.25) is 5.91 Å². The molecule has 0 bridgehead atoms. The highest BCUT2D eigenvalue weighted by molar-refractivity contribution is 5.95. The Morgan fingerprint density at radius 2 is 2.11 bits per heavy atom. The fourth-order valence-corrected chi connectivity index (χ4v) is 1.88. The zero-order valence-corrected chi connectivity index (χ0v) is 12.7. The van der Waals surface area contributed by atoms with Gasteiger partial charge in [-0.25, -0.2) is 4.79 Å². The smallest absolute Gasteiger partial charge is 0.321 e. The first kappa shape index (κ1) is 18.1. The molecular weight excluding hydrogens is 268 g/mol. The molecule has 0 radical (unpaired) electrons. The molecular formula is C12H25ClN4O2. The first-order valence-electron chi connectivity index (χ1n) is 6.47. The number of rotatable bonds is 5. The van der Waals surface area contributed by atoms with Gasteiger partial charge >= 0.3 is 6.03 Å². The summed E-state index contributed by atoms with van der Waals surface area (Å²) in [5.74, 6) is 0.115. The molecule has 3 N–H and O–H groups in total. The Kier molecular flexibility index (Phi) is 8.71. The average Bonchev–Trinajstić information content (AvgIpc) is 2.79. The summed E-state index contributed by atoms with van der Waals surface area (Å²) in [6, 6.07) is -0.0267. The number of hydrogen-bond donors (Lipinski definition) is 3. The predicted octanol–water partition coefficient (Wildman–Crippen LogP) is 0.184. The van der Waals surface area contributed by atoms with Crippen LogP contribution in [-0.4, -0.2) is 56.1 Å². The van der Waals surface area contributed by atoms with Gasteiger partial charge in [-0.3, -0.25) is 15.0 Å². The maximum atomic E-state index is 11.6. The zero-order valence-electron chi connectivity index (χ0n) is 11.9. The van der Waals surface area contributed by atoms with Gasteiger partial charge in [0, 0.05) is 19.1 Å². The number of carbonyl (C=O) groups excluding carboxylic acids is 2. The zero-order chi connectivity index (χ0) is 13.5. The van der Waals surface area contributed by atoms with E-state index in [1.165, 1.54) is 0 Å². The van der Waals surface area contributed by atoms with E-state index in [0.29, 0.717) is 18.5 Å². The van der Waals surface area contributed by atoms with E-state index >= 15 is 0 Å². The Labute approximate surface area is 121 Å². The summed E-state index contributed by atoms with van der Waals surface area (Å²) in [7, 11) is 1.91. The molecule has 0 aliphatic carbocycles. The van der Waals surface area contributed by atoms with Gasteiger partial charge in [0.05, 0.1) is 6.54 Å². The highest BCUT2D eigenvalue weighted by Gasteiger charge is 2.21. The van der Waals surface area contributed by atoms with Gasteiger partial charge in [0.1, 0.15) is 0 Å². The Hall–Kier alpha value is -0.850. The van der Waals surface area contributed by atoms with E-state index < -0.39 is 6.03 Å². The number of nitrogens with one attached hydrogen (secondary N) is 3. The van der Waals surface area contributed by atoms with Crippen LogP contribution in [0.3, 0.4) is 0 Å². The summed E-state index contributed by atoms with van der Waals surface area (Å²) in [5, 5.41) is 8.24. The van der Waals surface area contributed by atoms with E-state index in [9.17, 15) is 9.59 Å². The Morgan fingerprint density at radius 3 is 2.63 bits per heavy atom. The molecule has 0 aromatic carbocycles. The normalized spacial score (nSPS) is 18.3. The van der Waals surface area contributed by atoms with Crippen molar-refractivity contribution in [3.63, 3.8) is 0 Å². The van der Waals surface area contributed by atoms with E-state index in [4.69, 9.17) is 0 Å². The van der Waals surface area contributed by atoms with Crippen LogP contribution in [0.5, 0.6) is 0 Å².